The van der Waals surface area contributed by atoms with Crippen molar-refractivity contribution in [1.29, 1.82) is 0 Å². The van der Waals surface area contributed by atoms with Crippen LogP contribution in [0.5, 0.6) is 0 Å². The molecule has 11 atom stereocenters. The van der Waals surface area contributed by atoms with Gasteiger partial charge in [0.1, 0.15) is 0 Å². The first-order chi connectivity index (χ1) is 16.3. The van der Waals surface area contributed by atoms with E-state index < -0.39 is 69.8 Å². The number of ketones is 1. The summed E-state index contributed by atoms with van der Waals surface area (Å²) in [7, 11) is 0. The maximum Gasteiger partial charge on any atom is 0.159 e. The van der Waals surface area contributed by atoms with Crippen LogP contribution in [0.3, 0.4) is 0 Å². The van der Waals surface area contributed by atoms with Crippen LogP contribution >= 0.6 is 0 Å². The molecule has 0 saturated heterocycles. The van der Waals surface area contributed by atoms with E-state index in [0.29, 0.717) is 17.6 Å². The quantitative estimate of drug-likeness (QED) is 0.271. The Morgan fingerprint density at radius 2 is 1.72 bits per heavy atom. The van der Waals surface area contributed by atoms with Crippen molar-refractivity contribution in [1.82, 2.24) is 0 Å². The van der Waals surface area contributed by atoms with Crippen molar-refractivity contribution in [3.8, 4) is 0 Å². The highest BCUT2D eigenvalue weighted by atomic mass is 16.3. The Bertz CT molecular complexity index is 965. The minimum atomic E-state index is -1.67. The fourth-order valence-corrected chi connectivity index (χ4v) is 8.35. The largest absolute Gasteiger partial charge is 0.392 e. The first-order valence-corrected chi connectivity index (χ1v) is 13.1. The number of carbonyl (C=O) groups is 1. The molecule has 8 heteroatoms. The molecular weight excluding hydrogens is 464 g/mol. The first kappa shape index (κ1) is 27.9. The van der Waals surface area contributed by atoms with Crippen LogP contribution in [0, 0.1) is 28.6 Å². The van der Waals surface area contributed by atoms with E-state index in [0.717, 1.165) is 0 Å². The molecule has 0 radical (unpaired) electrons. The lowest BCUT2D eigenvalue weighted by Crippen LogP contribution is -2.66. The van der Waals surface area contributed by atoms with Gasteiger partial charge in [0.2, 0.25) is 0 Å². The SMILES string of the molecule is C=C(C[C@@H](O)[C@](C)(O)[C@H]1CC[C@@]2(O)C3=CC(=O)[C@@H]4C[C@@H](O)[C@@H](O)C[C@]4(C)[C@H]3[C@H](O)C[C@]12C)C(C)(C)O. The predicted molar refractivity (Wildman–Crippen MR) is 133 cm³/mol. The maximum absolute atomic E-state index is 13.3. The van der Waals surface area contributed by atoms with E-state index in [2.05, 4.69) is 6.58 Å². The second-order valence-corrected chi connectivity index (χ2v) is 13.4. The van der Waals surface area contributed by atoms with Crippen LogP contribution in [-0.2, 0) is 4.79 Å². The van der Waals surface area contributed by atoms with E-state index in [9.17, 15) is 40.5 Å². The van der Waals surface area contributed by atoms with E-state index in [1.54, 1.807) is 20.8 Å². The van der Waals surface area contributed by atoms with Gasteiger partial charge in [-0.2, -0.15) is 0 Å². The molecule has 0 aliphatic heterocycles. The van der Waals surface area contributed by atoms with Gasteiger partial charge in [-0.3, -0.25) is 4.79 Å². The highest BCUT2D eigenvalue weighted by molar-refractivity contribution is 5.95. The number of allylic oxidation sites excluding steroid dienone is 1. The van der Waals surface area contributed by atoms with Crippen LogP contribution in [0.2, 0.25) is 0 Å². The number of fused-ring (bicyclic) bond motifs is 5. The molecule has 0 aromatic carbocycles. The van der Waals surface area contributed by atoms with Crippen LogP contribution < -0.4 is 0 Å². The van der Waals surface area contributed by atoms with Gasteiger partial charge in [0.15, 0.2) is 5.78 Å². The molecule has 0 aromatic rings. The van der Waals surface area contributed by atoms with Crippen molar-refractivity contribution in [2.75, 3.05) is 0 Å². The van der Waals surface area contributed by atoms with Gasteiger partial charge in [-0.1, -0.05) is 20.4 Å². The molecule has 8 nitrogen and oxygen atoms in total. The lowest BCUT2D eigenvalue weighted by Gasteiger charge is -2.62. The monoisotopic (exact) mass is 508 g/mol. The molecule has 4 aliphatic rings. The summed E-state index contributed by atoms with van der Waals surface area (Å²) in [4.78, 5) is 13.3. The second kappa shape index (κ2) is 8.43. The molecule has 0 spiro atoms. The average Bonchev–Trinajstić information content (AvgIpc) is 3.01. The molecule has 0 bridgehead atoms. The molecule has 3 saturated carbocycles. The van der Waals surface area contributed by atoms with Crippen LogP contribution in [0.1, 0.15) is 73.1 Å². The van der Waals surface area contributed by atoms with Crippen molar-refractivity contribution < 1.29 is 40.5 Å². The number of aliphatic hydroxyl groups is 7. The van der Waals surface area contributed by atoms with Crippen molar-refractivity contribution >= 4 is 5.78 Å². The van der Waals surface area contributed by atoms with Gasteiger partial charge in [-0.15, -0.1) is 0 Å². The van der Waals surface area contributed by atoms with E-state index in [1.807, 2.05) is 6.92 Å². The number of rotatable bonds is 5. The first-order valence-electron chi connectivity index (χ1n) is 13.1. The number of aliphatic hydroxyl groups excluding tert-OH is 4. The maximum atomic E-state index is 13.3. The number of carbonyl (C=O) groups excluding carboxylic acids is 1. The summed E-state index contributed by atoms with van der Waals surface area (Å²) in [5.74, 6) is -1.99. The van der Waals surface area contributed by atoms with E-state index >= 15 is 0 Å². The highest BCUT2D eigenvalue weighted by Crippen LogP contribution is 2.68. The predicted octanol–water partition coefficient (Wildman–Crippen LogP) is 0.991. The fourth-order valence-electron chi connectivity index (χ4n) is 8.35. The Morgan fingerprint density at radius 3 is 2.31 bits per heavy atom. The van der Waals surface area contributed by atoms with Crippen LogP contribution in [0.25, 0.3) is 0 Å². The molecule has 0 amide bonds. The standard InChI is InChI=1S/C28H44O8/c1-14(24(2,3)34)9-22(33)27(6,35)21-7-8-28(36)16-11-17(29)15-10-18(30)19(31)12-25(15,4)23(16)20(32)13-26(21,28)5/h11,15,18-23,30-36H,1,7-10,12-13H2,2-6H3/t15-,18+,19-,20+,21-,22+,23+,25-,26+,27+,28+/m0/s1. The van der Waals surface area contributed by atoms with Gasteiger partial charge in [0.05, 0.1) is 41.2 Å². The smallest absolute Gasteiger partial charge is 0.159 e. The third kappa shape index (κ3) is 3.79. The molecule has 4 rings (SSSR count). The third-order valence-electron chi connectivity index (χ3n) is 10.7. The molecular formula is C28H44O8. The zero-order valence-electron chi connectivity index (χ0n) is 22.1. The summed E-state index contributed by atoms with van der Waals surface area (Å²) in [6.45, 7) is 12.2. The van der Waals surface area contributed by atoms with Gasteiger partial charge in [0, 0.05) is 17.3 Å². The molecule has 36 heavy (non-hydrogen) atoms. The molecule has 204 valence electrons. The topological polar surface area (TPSA) is 159 Å². The zero-order chi connectivity index (χ0) is 27.2. The van der Waals surface area contributed by atoms with Crippen molar-refractivity contribution in [3.05, 3.63) is 23.8 Å². The van der Waals surface area contributed by atoms with Crippen molar-refractivity contribution in [2.24, 2.45) is 28.6 Å². The lowest BCUT2D eigenvalue weighted by molar-refractivity contribution is -0.196. The third-order valence-corrected chi connectivity index (χ3v) is 10.7. The Balaban J connectivity index is 1.72. The highest BCUT2D eigenvalue weighted by Gasteiger charge is 2.71. The summed E-state index contributed by atoms with van der Waals surface area (Å²) in [5.41, 5.74) is -5.48. The molecule has 4 aliphatic carbocycles. The Morgan fingerprint density at radius 1 is 1.11 bits per heavy atom. The fraction of sp³-hybridized carbons (Fsp3) is 0.821. The lowest BCUT2D eigenvalue weighted by atomic mass is 9.44. The Hall–Kier alpha value is -1.13. The van der Waals surface area contributed by atoms with Crippen molar-refractivity contribution in [2.45, 2.75) is 114 Å². The molecule has 3 fully saturated rings. The van der Waals surface area contributed by atoms with Gasteiger partial charge in [-0.05, 0) is 87.9 Å². The summed E-state index contributed by atoms with van der Waals surface area (Å²) >= 11 is 0. The summed E-state index contributed by atoms with van der Waals surface area (Å²) < 4.78 is 0. The summed E-state index contributed by atoms with van der Waals surface area (Å²) in [5, 5.41) is 77.5. The van der Waals surface area contributed by atoms with Gasteiger partial charge < -0.3 is 35.7 Å². The number of hydrogen-bond acceptors (Lipinski definition) is 8. The molecule has 0 aromatic heterocycles. The van der Waals surface area contributed by atoms with Crippen LogP contribution in [0.4, 0.5) is 0 Å². The number of hydrogen-bond donors (Lipinski definition) is 7. The zero-order valence-corrected chi connectivity index (χ0v) is 22.1. The Labute approximate surface area is 213 Å². The van der Waals surface area contributed by atoms with Crippen molar-refractivity contribution in [3.63, 3.8) is 0 Å². The van der Waals surface area contributed by atoms with Gasteiger partial charge in [-0.25, -0.2) is 0 Å². The van der Waals surface area contributed by atoms with E-state index in [4.69, 9.17) is 0 Å². The normalized spacial score (nSPS) is 47.2. The van der Waals surface area contributed by atoms with Gasteiger partial charge in [0.25, 0.3) is 0 Å². The van der Waals surface area contributed by atoms with Crippen LogP contribution in [0.15, 0.2) is 23.8 Å². The minimum Gasteiger partial charge on any atom is -0.392 e. The Kier molecular flexibility index (Phi) is 6.53. The van der Waals surface area contributed by atoms with Crippen LogP contribution in [-0.4, -0.2) is 82.7 Å². The summed E-state index contributed by atoms with van der Waals surface area (Å²) in [6, 6.07) is 0. The molecule has 7 N–H and O–H groups in total. The van der Waals surface area contributed by atoms with E-state index in [1.165, 1.54) is 13.0 Å². The van der Waals surface area contributed by atoms with E-state index in [-0.39, 0.29) is 37.9 Å². The van der Waals surface area contributed by atoms with Gasteiger partial charge >= 0.3 is 0 Å². The second-order valence-electron chi connectivity index (χ2n) is 13.4. The summed E-state index contributed by atoms with van der Waals surface area (Å²) in [6.07, 6.45) is -1.87. The molecule has 0 unspecified atom stereocenters. The molecule has 0 heterocycles. The minimum absolute atomic E-state index is 0.0339. The average molecular weight is 509 g/mol.